The molecule has 7 heteroatoms. The van der Waals surface area contributed by atoms with Crippen molar-refractivity contribution in [3.05, 3.63) is 70.4 Å². The number of nitrogens with zero attached hydrogens (tertiary/aromatic N) is 3. The monoisotopic (exact) mass is 427 g/mol. The molecule has 0 fully saturated rings. The zero-order valence-electron chi connectivity index (χ0n) is 16.9. The third-order valence-corrected chi connectivity index (χ3v) is 6.25. The third kappa shape index (κ3) is 4.97. The van der Waals surface area contributed by atoms with Crippen molar-refractivity contribution in [3.63, 3.8) is 0 Å². The highest BCUT2D eigenvalue weighted by atomic mass is 32.2. The number of amides is 1. The van der Waals surface area contributed by atoms with Crippen molar-refractivity contribution in [2.75, 3.05) is 5.75 Å². The fraction of sp³-hybridized carbons (Fsp3) is 0.318. The van der Waals surface area contributed by atoms with Crippen LogP contribution in [0.4, 0.5) is 0 Å². The van der Waals surface area contributed by atoms with E-state index >= 15 is 0 Å². The van der Waals surface area contributed by atoms with Crippen LogP contribution >= 0.6 is 23.1 Å². The molecular formula is C22H25N3O2S2. The summed E-state index contributed by atoms with van der Waals surface area (Å²) in [6.07, 6.45) is 1.67. The van der Waals surface area contributed by atoms with Crippen LogP contribution in [-0.4, -0.2) is 31.6 Å². The second kappa shape index (κ2) is 8.97. The Morgan fingerprint density at radius 3 is 2.66 bits per heavy atom. The lowest BCUT2D eigenvalue weighted by Gasteiger charge is -2.36. The molecule has 1 aromatic carbocycles. The van der Waals surface area contributed by atoms with Crippen LogP contribution in [0, 0.1) is 0 Å². The lowest BCUT2D eigenvalue weighted by atomic mass is 10.0. The van der Waals surface area contributed by atoms with E-state index in [1.807, 2.05) is 61.4 Å². The van der Waals surface area contributed by atoms with Crippen molar-refractivity contribution in [3.8, 4) is 0 Å². The van der Waals surface area contributed by atoms with Crippen LogP contribution < -0.4 is 5.56 Å². The smallest absolute Gasteiger partial charge is 0.263 e. The molecule has 0 unspecified atom stereocenters. The first-order chi connectivity index (χ1) is 13.8. The van der Waals surface area contributed by atoms with Gasteiger partial charge in [-0.1, -0.05) is 48.2 Å². The predicted molar refractivity (Wildman–Crippen MR) is 122 cm³/mol. The van der Waals surface area contributed by atoms with Crippen molar-refractivity contribution < 1.29 is 4.79 Å². The molecule has 0 bridgehead atoms. The van der Waals surface area contributed by atoms with E-state index in [1.54, 1.807) is 16.7 Å². The first kappa shape index (κ1) is 21.3. The number of fused-ring (bicyclic) bond motifs is 1. The SMILES string of the molecule is C=CCn1c(SCC(=O)N(Cc2ccccc2)C(C)(C)C)nc2sccc2c1=O. The Kier molecular flexibility index (Phi) is 6.59. The van der Waals surface area contributed by atoms with E-state index in [0.717, 1.165) is 5.56 Å². The largest absolute Gasteiger partial charge is 0.333 e. The summed E-state index contributed by atoms with van der Waals surface area (Å²) >= 11 is 2.73. The van der Waals surface area contributed by atoms with E-state index in [0.29, 0.717) is 28.5 Å². The van der Waals surface area contributed by atoms with E-state index in [4.69, 9.17) is 0 Å². The number of thiophene rings is 1. The number of carbonyl (C=O) groups excluding carboxylic acids is 1. The maximum Gasteiger partial charge on any atom is 0.263 e. The van der Waals surface area contributed by atoms with E-state index < -0.39 is 0 Å². The van der Waals surface area contributed by atoms with Gasteiger partial charge in [-0.2, -0.15) is 0 Å². The number of rotatable bonds is 7. The summed E-state index contributed by atoms with van der Waals surface area (Å²) in [6.45, 7) is 10.7. The summed E-state index contributed by atoms with van der Waals surface area (Å²) in [5.74, 6) is 0.224. The van der Waals surface area contributed by atoms with Crippen LogP contribution in [0.3, 0.4) is 0 Å². The molecule has 0 saturated carbocycles. The second-order valence-electron chi connectivity index (χ2n) is 7.66. The van der Waals surface area contributed by atoms with Crippen LogP contribution in [0.25, 0.3) is 10.2 Å². The molecule has 3 aromatic rings. The normalized spacial score (nSPS) is 11.6. The Morgan fingerprint density at radius 2 is 2.00 bits per heavy atom. The van der Waals surface area contributed by atoms with Crippen molar-refractivity contribution >= 4 is 39.2 Å². The van der Waals surface area contributed by atoms with Gasteiger partial charge in [-0.05, 0) is 37.8 Å². The number of thioether (sulfide) groups is 1. The molecule has 29 heavy (non-hydrogen) atoms. The standard InChI is InChI=1S/C22H25N3O2S2/c1-5-12-24-20(27)17-11-13-28-19(17)23-21(24)29-15-18(26)25(22(2,3)4)14-16-9-7-6-8-10-16/h5-11,13H,1,12,14-15H2,2-4H3. The molecule has 0 aliphatic rings. The zero-order valence-corrected chi connectivity index (χ0v) is 18.6. The number of benzene rings is 1. The molecule has 3 rings (SSSR count). The number of carbonyl (C=O) groups is 1. The Bertz CT molecular complexity index is 1070. The Morgan fingerprint density at radius 1 is 1.28 bits per heavy atom. The number of aromatic nitrogens is 2. The first-order valence-corrected chi connectivity index (χ1v) is 11.2. The summed E-state index contributed by atoms with van der Waals surface area (Å²) in [5.41, 5.74) is 0.671. The molecule has 152 valence electrons. The highest BCUT2D eigenvalue weighted by Gasteiger charge is 2.27. The van der Waals surface area contributed by atoms with Crippen molar-refractivity contribution in [1.82, 2.24) is 14.5 Å². The molecule has 0 N–H and O–H groups in total. The van der Waals surface area contributed by atoms with Crippen molar-refractivity contribution in [2.45, 2.75) is 44.6 Å². The van der Waals surface area contributed by atoms with E-state index in [9.17, 15) is 9.59 Å². The number of hydrogen-bond donors (Lipinski definition) is 0. The van der Waals surface area contributed by atoms with Crippen LogP contribution in [0.1, 0.15) is 26.3 Å². The Balaban J connectivity index is 1.83. The molecule has 0 saturated heterocycles. The second-order valence-corrected chi connectivity index (χ2v) is 9.50. The molecule has 2 heterocycles. The van der Waals surface area contributed by atoms with Crippen molar-refractivity contribution in [2.24, 2.45) is 0 Å². The number of hydrogen-bond acceptors (Lipinski definition) is 5. The van der Waals surface area contributed by atoms with Gasteiger partial charge in [-0.3, -0.25) is 14.2 Å². The van der Waals surface area contributed by atoms with E-state index in [2.05, 4.69) is 11.6 Å². The van der Waals surface area contributed by atoms with Gasteiger partial charge in [0, 0.05) is 18.6 Å². The van der Waals surface area contributed by atoms with Gasteiger partial charge in [0.05, 0.1) is 11.1 Å². The number of allylic oxidation sites excluding steroid dienone is 1. The highest BCUT2D eigenvalue weighted by Crippen LogP contribution is 2.24. The van der Waals surface area contributed by atoms with Crippen molar-refractivity contribution in [1.29, 1.82) is 0 Å². The summed E-state index contributed by atoms with van der Waals surface area (Å²) in [6, 6.07) is 11.7. The lowest BCUT2D eigenvalue weighted by Crippen LogP contribution is -2.46. The molecule has 0 aliphatic heterocycles. The van der Waals surface area contributed by atoms with Gasteiger partial charge in [0.15, 0.2) is 5.16 Å². The van der Waals surface area contributed by atoms with Crippen LogP contribution in [-0.2, 0) is 17.9 Å². The van der Waals surface area contributed by atoms with Gasteiger partial charge in [-0.15, -0.1) is 17.9 Å². The molecule has 5 nitrogen and oxygen atoms in total. The molecule has 1 amide bonds. The minimum atomic E-state index is -0.320. The van der Waals surface area contributed by atoms with Crippen LogP contribution in [0.15, 0.2) is 64.4 Å². The van der Waals surface area contributed by atoms with Gasteiger partial charge in [0.25, 0.3) is 5.56 Å². The Labute approximate surface area is 179 Å². The molecule has 0 aliphatic carbocycles. The topological polar surface area (TPSA) is 55.2 Å². The molecule has 0 radical (unpaired) electrons. The van der Waals surface area contributed by atoms with Gasteiger partial charge in [-0.25, -0.2) is 4.98 Å². The average Bonchev–Trinajstić information content (AvgIpc) is 3.15. The summed E-state index contributed by atoms with van der Waals surface area (Å²) < 4.78 is 1.58. The molecular weight excluding hydrogens is 402 g/mol. The highest BCUT2D eigenvalue weighted by molar-refractivity contribution is 7.99. The Hall–Kier alpha value is -2.38. The van der Waals surface area contributed by atoms with Gasteiger partial charge >= 0.3 is 0 Å². The fourth-order valence-electron chi connectivity index (χ4n) is 3.00. The van der Waals surface area contributed by atoms with Gasteiger partial charge < -0.3 is 4.90 Å². The minimum Gasteiger partial charge on any atom is -0.333 e. The van der Waals surface area contributed by atoms with Gasteiger partial charge in [0.1, 0.15) is 4.83 Å². The average molecular weight is 428 g/mol. The summed E-state index contributed by atoms with van der Waals surface area (Å²) in [4.78, 5) is 33.0. The maximum atomic E-state index is 13.1. The zero-order chi connectivity index (χ0) is 21.0. The molecule has 0 spiro atoms. The maximum absolute atomic E-state index is 13.1. The minimum absolute atomic E-state index is 0.0111. The fourth-order valence-corrected chi connectivity index (χ4v) is 4.69. The van der Waals surface area contributed by atoms with E-state index in [1.165, 1.54) is 23.1 Å². The predicted octanol–water partition coefficient (Wildman–Crippen LogP) is 4.56. The molecule has 2 aromatic heterocycles. The third-order valence-electron chi connectivity index (χ3n) is 4.48. The van der Waals surface area contributed by atoms with Crippen LogP contribution in [0.2, 0.25) is 0 Å². The summed E-state index contributed by atoms with van der Waals surface area (Å²) in [7, 11) is 0. The summed E-state index contributed by atoms with van der Waals surface area (Å²) in [5, 5.41) is 3.01. The first-order valence-electron chi connectivity index (χ1n) is 9.37. The van der Waals surface area contributed by atoms with Crippen LogP contribution in [0.5, 0.6) is 0 Å². The molecule has 0 atom stereocenters. The van der Waals surface area contributed by atoms with Gasteiger partial charge in [0.2, 0.25) is 5.91 Å². The quantitative estimate of drug-likeness (QED) is 0.315. The lowest BCUT2D eigenvalue weighted by molar-refractivity contribution is -0.133. The van der Waals surface area contributed by atoms with E-state index in [-0.39, 0.29) is 22.8 Å².